The molecule has 18 heavy (non-hydrogen) atoms. The largest absolute Gasteiger partial charge is 0.459 e. The second kappa shape index (κ2) is 5.27. The lowest BCUT2D eigenvalue weighted by Crippen LogP contribution is -2.19. The van der Waals surface area contributed by atoms with Crippen molar-refractivity contribution in [1.29, 1.82) is 0 Å². The molecule has 1 aromatic heterocycles. The summed E-state index contributed by atoms with van der Waals surface area (Å²) in [7, 11) is 0. The van der Waals surface area contributed by atoms with Gasteiger partial charge in [0, 0.05) is 5.56 Å². The van der Waals surface area contributed by atoms with Crippen molar-refractivity contribution in [3.63, 3.8) is 0 Å². The number of rotatable bonds is 3. The van der Waals surface area contributed by atoms with Crippen molar-refractivity contribution >= 4 is 11.6 Å². The molecule has 0 unspecified atom stereocenters. The second-order valence-corrected chi connectivity index (χ2v) is 3.60. The van der Waals surface area contributed by atoms with E-state index >= 15 is 0 Å². The van der Waals surface area contributed by atoms with Gasteiger partial charge in [0.25, 0.3) is 0 Å². The number of carbonyl (C=O) groups excluding carboxylic acids is 1. The smallest absolute Gasteiger partial charge is 0.307 e. The van der Waals surface area contributed by atoms with Gasteiger partial charge in [-0.3, -0.25) is 4.79 Å². The van der Waals surface area contributed by atoms with Crippen molar-refractivity contribution in [2.24, 2.45) is 5.10 Å². The van der Waals surface area contributed by atoms with Crippen LogP contribution in [0.15, 0.2) is 52.2 Å². The summed E-state index contributed by atoms with van der Waals surface area (Å²) in [6, 6.07) is 9.33. The number of furan rings is 1. The molecule has 5 heteroatoms. The highest BCUT2D eigenvalue weighted by atomic mass is 19.1. The maximum absolute atomic E-state index is 13.4. The van der Waals surface area contributed by atoms with Crippen LogP contribution in [0.25, 0.3) is 0 Å². The topological polar surface area (TPSA) is 54.6 Å². The SMILES string of the molecule is C/C(=N/NC(=O)c1ccco1)c1ccccc1F. The van der Waals surface area contributed by atoms with Gasteiger partial charge in [0.2, 0.25) is 0 Å². The van der Waals surface area contributed by atoms with Crippen molar-refractivity contribution in [3.8, 4) is 0 Å². The fourth-order valence-electron chi connectivity index (χ4n) is 1.41. The molecule has 1 amide bonds. The van der Waals surface area contributed by atoms with E-state index in [1.807, 2.05) is 0 Å². The molecular formula is C13H11FN2O2. The minimum Gasteiger partial charge on any atom is -0.459 e. The molecular weight excluding hydrogens is 235 g/mol. The molecule has 92 valence electrons. The van der Waals surface area contributed by atoms with Crippen molar-refractivity contribution in [2.45, 2.75) is 6.92 Å². The summed E-state index contributed by atoms with van der Waals surface area (Å²) >= 11 is 0. The standard InChI is InChI=1S/C13H11FN2O2/c1-9(10-5-2-3-6-11(10)14)15-16-13(17)12-7-4-8-18-12/h2-8H,1H3,(H,16,17)/b15-9-. The third kappa shape index (κ3) is 2.63. The van der Waals surface area contributed by atoms with E-state index in [-0.39, 0.29) is 11.6 Å². The van der Waals surface area contributed by atoms with E-state index in [0.29, 0.717) is 11.3 Å². The molecule has 1 N–H and O–H groups in total. The molecule has 0 aliphatic rings. The van der Waals surface area contributed by atoms with Gasteiger partial charge in [-0.25, -0.2) is 9.82 Å². The number of hydrogen-bond donors (Lipinski definition) is 1. The quantitative estimate of drug-likeness (QED) is 0.668. The Morgan fingerprint density at radius 2 is 2.06 bits per heavy atom. The Labute approximate surface area is 103 Å². The molecule has 0 aliphatic heterocycles. The molecule has 0 saturated heterocycles. The maximum Gasteiger partial charge on any atom is 0.307 e. The lowest BCUT2D eigenvalue weighted by atomic mass is 10.1. The highest BCUT2D eigenvalue weighted by Crippen LogP contribution is 2.07. The monoisotopic (exact) mass is 246 g/mol. The minimum atomic E-state index is -0.476. The third-order valence-electron chi connectivity index (χ3n) is 2.33. The summed E-state index contributed by atoms with van der Waals surface area (Å²) in [5.41, 5.74) is 3.03. The molecule has 0 bridgehead atoms. The second-order valence-electron chi connectivity index (χ2n) is 3.60. The molecule has 0 aliphatic carbocycles. The van der Waals surface area contributed by atoms with Crippen LogP contribution < -0.4 is 5.43 Å². The first-order valence-corrected chi connectivity index (χ1v) is 5.31. The van der Waals surface area contributed by atoms with Gasteiger partial charge in [-0.1, -0.05) is 18.2 Å². The number of carbonyl (C=O) groups is 1. The van der Waals surface area contributed by atoms with Crippen LogP contribution in [-0.2, 0) is 0 Å². The van der Waals surface area contributed by atoms with Crippen LogP contribution >= 0.6 is 0 Å². The Hall–Kier alpha value is -2.43. The van der Waals surface area contributed by atoms with Crippen molar-refractivity contribution in [2.75, 3.05) is 0 Å². The highest BCUT2D eigenvalue weighted by molar-refractivity contribution is 6.00. The summed E-state index contributed by atoms with van der Waals surface area (Å²) in [6.45, 7) is 1.61. The van der Waals surface area contributed by atoms with Crippen LogP contribution in [-0.4, -0.2) is 11.6 Å². The molecule has 0 fully saturated rings. The Morgan fingerprint density at radius 1 is 1.28 bits per heavy atom. The molecule has 1 heterocycles. The van der Waals surface area contributed by atoms with Gasteiger partial charge in [-0.15, -0.1) is 0 Å². The number of hydrogen-bond acceptors (Lipinski definition) is 3. The predicted molar refractivity (Wildman–Crippen MR) is 64.8 cm³/mol. The van der Waals surface area contributed by atoms with Crippen LogP contribution in [0.2, 0.25) is 0 Å². The van der Waals surface area contributed by atoms with Gasteiger partial charge in [-0.2, -0.15) is 5.10 Å². The van der Waals surface area contributed by atoms with Gasteiger partial charge in [-0.05, 0) is 25.1 Å². The molecule has 2 rings (SSSR count). The van der Waals surface area contributed by atoms with Crippen molar-refractivity contribution in [3.05, 3.63) is 59.8 Å². The first kappa shape index (κ1) is 12.0. The van der Waals surface area contributed by atoms with Gasteiger partial charge in [0.05, 0.1) is 12.0 Å². The molecule has 1 aromatic carbocycles. The summed E-state index contributed by atoms with van der Waals surface area (Å²) in [5, 5.41) is 3.83. The zero-order valence-corrected chi connectivity index (χ0v) is 9.68. The van der Waals surface area contributed by atoms with Gasteiger partial charge in [0.1, 0.15) is 5.82 Å². The van der Waals surface area contributed by atoms with Crippen LogP contribution in [0, 0.1) is 5.82 Å². The Balaban J connectivity index is 2.11. The van der Waals surface area contributed by atoms with Crippen LogP contribution in [0.1, 0.15) is 23.0 Å². The highest BCUT2D eigenvalue weighted by Gasteiger charge is 2.08. The fourth-order valence-corrected chi connectivity index (χ4v) is 1.41. The third-order valence-corrected chi connectivity index (χ3v) is 2.33. The summed E-state index contributed by atoms with van der Waals surface area (Å²) < 4.78 is 18.3. The molecule has 0 spiro atoms. The number of hydrazone groups is 1. The first-order valence-electron chi connectivity index (χ1n) is 5.31. The van der Waals surface area contributed by atoms with Crippen LogP contribution in [0.3, 0.4) is 0 Å². The zero-order valence-electron chi connectivity index (χ0n) is 9.68. The van der Waals surface area contributed by atoms with Crippen molar-refractivity contribution < 1.29 is 13.6 Å². The van der Waals surface area contributed by atoms with E-state index in [2.05, 4.69) is 10.5 Å². The summed E-state index contributed by atoms with van der Waals surface area (Å²) in [5.74, 6) is -0.707. The molecule has 0 atom stereocenters. The van der Waals surface area contributed by atoms with E-state index in [1.165, 1.54) is 18.4 Å². The average Bonchev–Trinajstić information content (AvgIpc) is 2.90. The minimum absolute atomic E-state index is 0.153. The van der Waals surface area contributed by atoms with E-state index in [1.54, 1.807) is 31.2 Å². The van der Waals surface area contributed by atoms with E-state index in [0.717, 1.165) is 0 Å². The van der Waals surface area contributed by atoms with Crippen LogP contribution in [0.4, 0.5) is 4.39 Å². The predicted octanol–water partition coefficient (Wildman–Crippen LogP) is 2.57. The Bertz CT molecular complexity index is 576. The van der Waals surface area contributed by atoms with Gasteiger partial charge >= 0.3 is 5.91 Å². The van der Waals surface area contributed by atoms with Gasteiger partial charge < -0.3 is 4.42 Å². The lowest BCUT2D eigenvalue weighted by Gasteiger charge is -2.02. The molecule has 0 radical (unpaired) electrons. The fraction of sp³-hybridized carbons (Fsp3) is 0.0769. The Morgan fingerprint density at radius 3 is 2.72 bits per heavy atom. The van der Waals surface area contributed by atoms with Crippen LogP contribution in [0.5, 0.6) is 0 Å². The van der Waals surface area contributed by atoms with Crippen molar-refractivity contribution in [1.82, 2.24) is 5.43 Å². The Kier molecular flexibility index (Phi) is 3.52. The average molecular weight is 246 g/mol. The number of nitrogens with zero attached hydrogens (tertiary/aromatic N) is 1. The molecule has 4 nitrogen and oxygen atoms in total. The van der Waals surface area contributed by atoms with E-state index in [9.17, 15) is 9.18 Å². The summed E-state index contributed by atoms with van der Waals surface area (Å²) in [6.07, 6.45) is 1.39. The van der Waals surface area contributed by atoms with E-state index in [4.69, 9.17) is 4.42 Å². The number of halogens is 1. The van der Waals surface area contributed by atoms with E-state index < -0.39 is 5.91 Å². The molecule has 2 aromatic rings. The van der Waals surface area contributed by atoms with Gasteiger partial charge in [0.15, 0.2) is 5.76 Å². The number of benzene rings is 1. The normalized spacial score (nSPS) is 11.3. The number of nitrogens with one attached hydrogen (secondary N) is 1. The number of amides is 1. The maximum atomic E-state index is 13.4. The summed E-state index contributed by atoms with van der Waals surface area (Å²) in [4.78, 5) is 11.5. The lowest BCUT2D eigenvalue weighted by molar-refractivity contribution is 0.0927. The zero-order chi connectivity index (χ0) is 13.0. The first-order chi connectivity index (χ1) is 8.68. The molecule has 0 saturated carbocycles.